The van der Waals surface area contributed by atoms with Gasteiger partial charge in [-0.2, -0.15) is 0 Å². The Bertz CT molecular complexity index is 270. The van der Waals surface area contributed by atoms with E-state index in [2.05, 4.69) is 33.0 Å². The maximum atomic E-state index is 12.1. The minimum absolute atomic E-state index is 0.144. The van der Waals surface area contributed by atoms with Crippen molar-refractivity contribution in [3.63, 3.8) is 0 Å². The first-order chi connectivity index (χ1) is 8.28. The van der Waals surface area contributed by atoms with Crippen LogP contribution in [0.5, 0.6) is 0 Å². The first-order valence-corrected chi connectivity index (χ1v) is 7.34. The van der Waals surface area contributed by atoms with Crippen LogP contribution in [0.1, 0.15) is 66.2 Å². The van der Waals surface area contributed by atoms with E-state index in [0.717, 1.165) is 38.5 Å². The average Bonchev–Trinajstić information content (AvgIpc) is 2.25. The van der Waals surface area contributed by atoms with Crippen molar-refractivity contribution >= 4 is 5.91 Å². The predicted octanol–water partition coefficient (Wildman–Crippen LogP) is 2.83. The molecule has 1 fully saturated rings. The van der Waals surface area contributed by atoms with Crippen LogP contribution in [0.25, 0.3) is 0 Å². The van der Waals surface area contributed by atoms with Crippen LogP contribution in [-0.4, -0.2) is 18.0 Å². The molecule has 1 amide bonds. The lowest BCUT2D eigenvalue weighted by molar-refractivity contribution is -0.126. The average molecular weight is 254 g/mol. The van der Waals surface area contributed by atoms with Gasteiger partial charge in [-0.25, -0.2) is 0 Å². The first-order valence-electron chi connectivity index (χ1n) is 7.34. The summed E-state index contributed by atoms with van der Waals surface area (Å²) >= 11 is 0. The molecule has 3 unspecified atom stereocenters. The molecule has 0 aliphatic heterocycles. The molecule has 0 bridgehead atoms. The smallest absolute Gasteiger partial charge is 0.223 e. The van der Waals surface area contributed by atoms with Gasteiger partial charge >= 0.3 is 0 Å². The van der Waals surface area contributed by atoms with E-state index in [0.29, 0.717) is 5.41 Å². The summed E-state index contributed by atoms with van der Waals surface area (Å²) in [6.45, 7) is 8.82. The molecule has 0 spiro atoms. The van der Waals surface area contributed by atoms with Gasteiger partial charge in [0.2, 0.25) is 5.91 Å². The number of carbonyl (C=O) groups is 1. The van der Waals surface area contributed by atoms with Gasteiger partial charge in [0.1, 0.15) is 0 Å². The summed E-state index contributed by atoms with van der Waals surface area (Å²) < 4.78 is 0. The highest BCUT2D eigenvalue weighted by atomic mass is 16.1. The highest BCUT2D eigenvalue weighted by Crippen LogP contribution is 2.24. The van der Waals surface area contributed by atoms with E-state index in [1.807, 2.05) is 0 Å². The molecule has 3 heteroatoms. The van der Waals surface area contributed by atoms with Crippen LogP contribution in [0.15, 0.2) is 0 Å². The van der Waals surface area contributed by atoms with Crippen molar-refractivity contribution in [2.45, 2.75) is 78.3 Å². The van der Waals surface area contributed by atoms with E-state index in [9.17, 15) is 4.79 Å². The molecule has 106 valence electrons. The monoisotopic (exact) mass is 254 g/mol. The van der Waals surface area contributed by atoms with Gasteiger partial charge < -0.3 is 11.1 Å². The molecule has 0 heterocycles. The Labute approximate surface area is 112 Å². The second-order valence-corrected chi connectivity index (χ2v) is 7.13. The minimum Gasteiger partial charge on any atom is -0.353 e. The van der Waals surface area contributed by atoms with E-state index in [1.54, 1.807) is 0 Å². The van der Waals surface area contributed by atoms with Gasteiger partial charge in [0, 0.05) is 18.0 Å². The maximum Gasteiger partial charge on any atom is 0.223 e. The van der Waals surface area contributed by atoms with Gasteiger partial charge in [-0.05, 0) is 44.4 Å². The molecule has 1 aliphatic rings. The van der Waals surface area contributed by atoms with Crippen LogP contribution in [-0.2, 0) is 4.79 Å². The minimum atomic E-state index is 0.144. The quantitative estimate of drug-likeness (QED) is 0.810. The molecule has 18 heavy (non-hydrogen) atoms. The maximum absolute atomic E-state index is 12.1. The molecule has 3 atom stereocenters. The van der Waals surface area contributed by atoms with Gasteiger partial charge in [-0.3, -0.25) is 4.79 Å². The number of nitrogens with one attached hydrogen (secondary N) is 1. The molecule has 0 radical (unpaired) electrons. The fourth-order valence-corrected chi connectivity index (χ4v) is 2.55. The van der Waals surface area contributed by atoms with Gasteiger partial charge in [0.25, 0.3) is 0 Å². The van der Waals surface area contributed by atoms with E-state index in [-0.39, 0.29) is 23.9 Å². The highest BCUT2D eigenvalue weighted by molar-refractivity contribution is 5.79. The number of hydrogen-bond donors (Lipinski definition) is 2. The van der Waals surface area contributed by atoms with Crippen LogP contribution in [0, 0.1) is 11.3 Å². The normalized spacial score (nSPS) is 26.7. The zero-order chi connectivity index (χ0) is 13.8. The molecule has 3 nitrogen and oxygen atoms in total. The summed E-state index contributed by atoms with van der Waals surface area (Å²) in [5.41, 5.74) is 6.27. The molecule has 3 N–H and O–H groups in total. The number of rotatable bonds is 4. The topological polar surface area (TPSA) is 55.1 Å². The van der Waals surface area contributed by atoms with Crippen molar-refractivity contribution in [2.75, 3.05) is 0 Å². The molecule has 0 aromatic rings. The number of carbonyl (C=O) groups excluding carboxylic acids is 1. The third-order valence-electron chi connectivity index (χ3n) is 3.80. The molecule has 1 rings (SSSR count). The molecule has 0 saturated heterocycles. The predicted molar refractivity (Wildman–Crippen MR) is 76.2 cm³/mol. The lowest BCUT2D eigenvalue weighted by Crippen LogP contribution is -2.41. The second kappa shape index (κ2) is 6.55. The molecule has 0 aromatic heterocycles. The zero-order valence-electron chi connectivity index (χ0n) is 12.5. The fourth-order valence-electron chi connectivity index (χ4n) is 2.55. The van der Waals surface area contributed by atoms with Crippen molar-refractivity contribution in [1.82, 2.24) is 5.32 Å². The summed E-state index contributed by atoms with van der Waals surface area (Å²) in [7, 11) is 0. The van der Waals surface area contributed by atoms with Gasteiger partial charge in [0.15, 0.2) is 0 Å². The Kier molecular flexibility index (Phi) is 5.64. The van der Waals surface area contributed by atoms with Crippen molar-refractivity contribution in [3.8, 4) is 0 Å². The van der Waals surface area contributed by atoms with Crippen LogP contribution in [0.4, 0.5) is 0 Å². The van der Waals surface area contributed by atoms with Gasteiger partial charge in [-0.15, -0.1) is 0 Å². The van der Waals surface area contributed by atoms with Crippen molar-refractivity contribution in [3.05, 3.63) is 0 Å². The fraction of sp³-hybridized carbons (Fsp3) is 0.933. The Morgan fingerprint density at radius 3 is 2.61 bits per heavy atom. The molecule has 1 saturated carbocycles. The Hall–Kier alpha value is -0.570. The zero-order valence-corrected chi connectivity index (χ0v) is 12.5. The first kappa shape index (κ1) is 15.5. The third kappa shape index (κ3) is 5.85. The highest BCUT2D eigenvalue weighted by Gasteiger charge is 2.26. The van der Waals surface area contributed by atoms with Gasteiger partial charge in [-0.1, -0.05) is 27.2 Å². The third-order valence-corrected chi connectivity index (χ3v) is 3.80. The van der Waals surface area contributed by atoms with Crippen LogP contribution < -0.4 is 11.1 Å². The van der Waals surface area contributed by atoms with Crippen LogP contribution >= 0.6 is 0 Å². The molecule has 1 aliphatic carbocycles. The molecular formula is C15H30N2O. The van der Waals surface area contributed by atoms with E-state index >= 15 is 0 Å². The Balaban J connectivity index is 2.30. The number of hydrogen-bond acceptors (Lipinski definition) is 2. The van der Waals surface area contributed by atoms with Crippen molar-refractivity contribution in [1.29, 1.82) is 0 Å². The number of nitrogens with two attached hydrogens (primary N) is 1. The van der Waals surface area contributed by atoms with Crippen LogP contribution in [0.2, 0.25) is 0 Å². The van der Waals surface area contributed by atoms with Crippen molar-refractivity contribution < 1.29 is 4.79 Å². The van der Waals surface area contributed by atoms with E-state index < -0.39 is 0 Å². The van der Waals surface area contributed by atoms with Gasteiger partial charge in [0.05, 0.1) is 0 Å². The summed E-state index contributed by atoms with van der Waals surface area (Å²) in [4.78, 5) is 12.1. The summed E-state index contributed by atoms with van der Waals surface area (Å²) in [6, 6.07) is 0.495. The Morgan fingerprint density at radius 1 is 1.39 bits per heavy atom. The lowest BCUT2D eigenvalue weighted by atomic mass is 9.85. The second-order valence-electron chi connectivity index (χ2n) is 7.13. The summed E-state index contributed by atoms with van der Waals surface area (Å²) in [5, 5.41) is 3.15. The Morgan fingerprint density at radius 2 is 2.06 bits per heavy atom. The van der Waals surface area contributed by atoms with Crippen LogP contribution in [0.3, 0.4) is 0 Å². The summed E-state index contributed by atoms with van der Waals surface area (Å²) in [5.74, 6) is 0.359. The lowest BCUT2D eigenvalue weighted by Gasteiger charge is -2.28. The summed E-state index contributed by atoms with van der Waals surface area (Å²) in [6.07, 6.45) is 6.22. The van der Waals surface area contributed by atoms with E-state index in [1.165, 1.54) is 0 Å². The van der Waals surface area contributed by atoms with Crippen molar-refractivity contribution in [2.24, 2.45) is 17.1 Å². The molecular weight excluding hydrogens is 224 g/mol. The molecule has 0 aromatic carbocycles. The SMILES string of the molecule is CC(CCC(C)(C)C)NC(=O)C1CCCC(N)C1. The van der Waals surface area contributed by atoms with E-state index in [4.69, 9.17) is 5.73 Å². The standard InChI is InChI=1S/C15H30N2O/c1-11(8-9-15(2,3)4)17-14(18)12-6-5-7-13(16)10-12/h11-13H,5-10,16H2,1-4H3,(H,17,18). The number of amides is 1. The largest absolute Gasteiger partial charge is 0.353 e.